The number of aromatic nitrogens is 3. The van der Waals surface area contributed by atoms with E-state index in [1.54, 1.807) is 0 Å². The van der Waals surface area contributed by atoms with E-state index < -0.39 is 0 Å². The molecule has 0 spiro atoms. The molecule has 0 fully saturated rings. The first-order valence-corrected chi connectivity index (χ1v) is 9.97. The Hall–Kier alpha value is -1.90. The van der Waals surface area contributed by atoms with Gasteiger partial charge in [0, 0.05) is 13.2 Å². The molecule has 2 aromatic heterocycles. The van der Waals surface area contributed by atoms with Crippen molar-refractivity contribution in [2.45, 2.75) is 73.1 Å². The normalized spacial score (nSPS) is 11.6. The van der Waals surface area contributed by atoms with Crippen LogP contribution in [0.1, 0.15) is 70.6 Å². The van der Waals surface area contributed by atoms with Gasteiger partial charge in [-0.2, -0.15) is 5.10 Å². The highest BCUT2D eigenvalue weighted by atomic mass is 15.3. The zero-order valence-corrected chi connectivity index (χ0v) is 17.7. The van der Waals surface area contributed by atoms with E-state index in [1.165, 1.54) is 43.2 Å². The summed E-state index contributed by atoms with van der Waals surface area (Å²) in [6.07, 6.45) is 9.77. The monoisotopic (exact) mass is 355 g/mol. The summed E-state index contributed by atoms with van der Waals surface area (Å²) in [7, 11) is 1.93. The fourth-order valence-electron chi connectivity index (χ4n) is 2.95. The van der Waals surface area contributed by atoms with Crippen LogP contribution in [0.2, 0.25) is 0 Å². The first-order chi connectivity index (χ1) is 12.4. The highest BCUT2D eigenvalue weighted by Crippen LogP contribution is 2.18. The number of rotatable bonds is 8. The number of aryl methyl sites for hydroxylation is 3. The van der Waals surface area contributed by atoms with E-state index in [1.807, 2.05) is 43.9 Å². The fourth-order valence-corrected chi connectivity index (χ4v) is 2.95. The van der Waals surface area contributed by atoms with Gasteiger partial charge < -0.3 is 0 Å². The number of hydrogen-bond donors (Lipinski definition) is 0. The first kappa shape index (κ1) is 22.1. The zero-order valence-electron chi connectivity index (χ0n) is 17.7. The zero-order chi connectivity index (χ0) is 19.5. The van der Waals surface area contributed by atoms with Crippen LogP contribution in [0.3, 0.4) is 0 Å². The lowest BCUT2D eigenvalue weighted by Gasteiger charge is -2.11. The van der Waals surface area contributed by atoms with Crippen LogP contribution >= 0.6 is 0 Å². The highest BCUT2D eigenvalue weighted by Gasteiger charge is 2.05. The van der Waals surface area contributed by atoms with Gasteiger partial charge in [0.25, 0.3) is 0 Å². The maximum atomic E-state index is 4.36. The molecule has 3 nitrogen and oxygen atoms in total. The summed E-state index contributed by atoms with van der Waals surface area (Å²) in [5, 5.41) is 4.29. The summed E-state index contributed by atoms with van der Waals surface area (Å²) >= 11 is 0. The molecule has 0 aliphatic rings. The molecule has 0 bridgehead atoms. The molecule has 0 aromatic carbocycles. The van der Waals surface area contributed by atoms with E-state index in [2.05, 4.69) is 43.5 Å². The molecule has 26 heavy (non-hydrogen) atoms. The standard InChI is InChI=1S/C12H24.C11H13N3/c1-5-7-8-9-12(4)10-11(3)6-2;1-8-4-5-10(12-7-8)11-6-9(2)13-14(11)3/h12H,3,5-10H2,1-2,4H3;4-7H,1-3H3. The van der Waals surface area contributed by atoms with Gasteiger partial charge in [0.15, 0.2) is 0 Å². The van der Waals surface area contributed by atoms with Gasteiger partial charge in [0.1, 0.15) is 0 Å². The van der Waals surface area contributed by atoms with Crippen LogP contribution in [0.25, 0.3) is 11.4 Å². The summed E-state index contributed by atoms with van der Waals surface area (Å²) in [4.78, 5) is 4.36. The number of unbranched alkanes of at least 4 members (excludes halogenated alkanes) is 2. The Labute approximate surface area is 160 Å². The second kappa shape index (κ2) is 11.7. The van der Waals surface area contributed by atoms with E-state index in [0.717, 1.165) is 29.4 Å². The molecule has 3 heteroatoms. The highest BCUT2D eigenvalue weighted by molar-refractivity contribution is 5.54. The molecule has 0 aliphatic heterocycles. The first-order valence-electron chi connectivity index (χ1n) is 9.97. The van der Waals surface area contributed by atoms with E-state index in [-0.39, 0.29) is 0 Å². The van der Waals surface area contributed by atoms with E-state index in [4.69, 9.17) is 0 Å². The van der Waals surface area contributed by atoms with Gasteiger partial charge >= 0.3 is 0 Å². The topological polar surface area (TPSA) is 30.7 Å². The quantitative estimate of drug-likeness (QED) is 0.391. The van der Waals surface area contributed by atoms with Crippen LogP contribution in [0, 0.1) is 19.8 Å². The van der Waals surface area contributed by atoms with Crippen LogP contribution in [-0.4, -0.2) is 14.8 Å². The Balaban J connectivity index is 0.000000265. The van der Waals surface area contributed by atoms with Gasteiger partial charge in [-0.1, -0.05) is 64.7 Å². The Morgan fingerprint density at radius 1 is 1.19 bits per heavy atom. The smallest absolute Gasteiger partial charge is 0.0883 e. The minimum Gasteiger partial charge on any atom is -0.266 e. The molecule has 1 unspecified atom stereocenters. The minimum atomic E-state index is 0.851. The average molecular weight is 356 g/mol. The average Bonchev–Trinajstić information content (AvgIpc) is 2.94. The lowest BCUT2D eigenvalue weighted by Crippen LogP contribution is -1.96. The molecule has 1 atom stereocenters. The number of nitrogens with zero attached hydrogens (tertiary/aromatic N) is 3. The van der Waals surface area contributed by atoms with Crippen molar-refractivity contribution in [2.24, 2.45) is 13.0 Å². The second-order valence-corrected chi connectivity index (χ2v) is 7.42. The van der Waals surface area contributed by atoms with Gasteiger partial charge in [-0.3, -0.25) is 9.67 Å². The van der Waals surface area contributed by atoms with Crippen molar-refractivity contribution in [1.29, 1.82) is 0 Å². The minimum absolute atomic E-state index is 0.851. The van der Waals surface area contributed by atoms with Crippen LogP contribution in [0.15, 0.2) is 36.5 Å². The van der Waals surface area contributed by atoms with Crippen molar-refractivity contribution in [2.75, 3.05) is 0 Å². The molecule has 2 rings (SSSR count). The van der Waals surface area contributed by atoms with Gasteiger partial charge in [-0.15, -0.1) is 0 Å². The molecule has 2 heterocycles. The molecular formula is C23H37N3. The van der Waals surface area contributed by atoms with Gasteiger partial charge in [-0.25, -0.2) is 0 Å². The fraction of sp³-hybridized carbons (Fsp3) is 0.565. The molecule has 2 aromatic rings. The largest absolute Gasteiger partial charge is 0.266 e. The Bertz CT molecular complexity index is 653. The molecule has 144 valence electrons. The lowest BCUT2D eigenvalue weighted by molar-refractivity contribution is 0.488. The van der Waals surface area contributed by atoms with Gasteiger partial charge in [0.2, 0.25) is 0 Å². The van der Waals surface area contributed by atoms with Crippen molar-refractivity contribution >= 4 is 0 Å². The number of allylic oxidation sites excluding steroid dienone is 1. The van der Waals surface area contributed by atoms with Crippen LogP contribution in [0.5, 0.6) is 0 Å². The third kappa shape index (κ3) is 7.99. The third-order valence-corrected chi connectivity index (χ3v) is 4.61. The summed E-state index contributed by atoms with van der Waals surface area (Å²) in [5.74, 6) is 0.851. The maximum Gasteiger partial charge on any atom is 0.0883 e. The predicted molar refractivity (Wildman–Crippen MR) is 113 cm³/mol. The molecule has 0 aliphatic carbocycles. The molecular weight excluding hydrogens is 318 g/mol. The number of pyridine rings is 1. The van der Waals surface area contributed by atoms with Crippen LogP contribution in [0.4, 0.5) is 0 Å². The lowest BCUT2D eigenvalue weighted by atomic mass is 9.95. The predicted octanol–water partition coefficient (Wildman–Crippen LogP) is 6.66. The van der Waals surface area contributed by atoms with E-state index in [0.29, 0.717) is 0 Å². The summed E-state index contributed by atoms with van der Waals surface area (Å²) in [6.45, 7) is 14.9. The molecule has 0 N–H and O–H groups in total. The number of hydrogen-bond acceptors (Lipinski definition) is 2. The molecule has 0 radical (unpaired) electrons. The maximum absolute atomic E-state index is 4.36. The summed E-state index contributed by atoms with van der Waals surface area (Å²) < 4.78 is 1.85. The van der Waals surface area contributed by atoms with Gasteiger partial charge in [-0.05, 0) is 50.3 Å². The van der Waals surface area contributed by atoms with Crippen molar-refractivity contribution < 1.29 is 0 Å². The summed E-state index contributed by atoms with van der Waals surface area (Å²) in [6, 6.07) is 6.12. The Morgan fingerprint density at radius 2 is 1.92 bits per heavy atom. The molecule has 0 saturated heterocycles. The van der Waals surface area contributed by atoms with Gasteiger partial charge in [0.05, 0.1) is 17.1 Å². The van der Waals surface area contributed by atoms with E-state index in [9.17, 15) is 0 Å². The summed E-state index contributed by atoms with van der Waals surface area (Å²) in [5.41, 5.74) is 5.64. The second-order valence-electron chi connectivity index (χ2n) is 7.42. The van der Waals surface area contributed by atoms with Crippen molar-refractivity contribution in [3.63, 3.8) is 0 Å². The van der Waals surface area contributed by atoms with Crippen LogP contribution < -0.4 is 0 Å². The van der Waals surface area contributed by atoms with Crippen molar-refractivity contribution in [1.82, 2.24) is 14.8 Å². The Morgan fingerprint density at radius 3 is 2.42 bits per heavy atom. The molecule has 0 saturated carbocycles. The van der Waals surface area contributed by atoms with Crippen LogP contribution in [-0.2, 0) is 7.05 Å². The van der Waals surface area contributed by atoms with E-state index >= 15 is 0 Å². The van der Waals surface area contributed by atoms with Crippen molar-refractivity contribution in [3.05, 3.63) is 47.8 Å². The Kier molecular flexibility index (Phi) is 9.93. The van der Waals surface area contributed by atoms with Crippen molar-refractivity contribution in [3.8, 4) is 11.4 Å². The SMILES string of the molecule is C=C(CC)CC(C)CCCCC.Cc1ccc(-c2cc(C)nn2C)nc1. The third-order valence-electron chi connectivity index (χ3n) is 4.61. The molecule has 0 amide bonds.